The minimum atomic E-state index is 0.374. The first-order valence-corrected chi connectivity index (χ1v) is 11.4. The fraction of sp³-hybridized carbons (Fsp3) is 0.310. The fourth-order valence-electron chi connectivity index (χ4n) is 3.75. The second kappa shape index (κ2) is 15.2. The first kappa shape index (κ1) is 24.6. The predicted molar refractivity (Wildman–Crippen MR) is 135 cm³/mol. The number of benzene rings is 3. The van der Waals surface area contributed by atoms with Crippen LogP contribution in [0.4, 0.5) is 0 Å². The van der Waals surface area contributed by atoms with Crippen molar-refractivity contribution in [3.05, 3.63) is 120 Å². The molecule has 2 heteroatoms. The molecule has 3 aromatic rings. The molecule has 0 spiro atoms. The molecule has 0 amide bonds. The van der Waals surface area contributed by atoms with E-state index in [-0.39, 0.29) is 0 Å². The van der Waals surface area contributed by atoms with Gasteiger partial charge in [-0.2, -0.15) is 0 Å². The Morgan fingerprint density at radius 1 is 0.677 bits per heavy atom. The summed E-state index contributed by atoms with van der Waals surface area (Å²) in [4.78, 5) is 0. The van der Waals surface area contributed by atoms with Crippen LogP contribution in [0.2, 0.25) is 0 Å². The summed E-state index contributed by atoms with van der Waals surface area (Å²) in [6, 6.07) is 30.6. The molecule has 0 bridgehead atoms. The molecular formula is C29H38N2. The Morgan fingerprint density at radius 2 is 1.26 bits per heavy atom. The van der Waals surface area contributed by atoms with Crippen LogP contribution in [0.5, 0.6) is 0 Å². The van der Waals surface area contributed by atoms with Gasteiger partial charge in [-0.1, -0.05) is 84.9 Å². The van der Waals surface area contributed by atoms with Crippen LogP contribution in [0.3, 0.4) is 0 Å². The van der Waals surface area contributed by atoms with E-state index in [1.54, 1.807) is 0 Å². The van der Waals surface area contributed by atoms with E-state index in [1.807, 2.05) is 0 Å². The van der Waals surface area contributed by atoms with E-state index in [9.17, 15) is 0 Å². The van der Waals surface area contributed by atoms with Crippen molar-refractivity contribution in [2.75, 3.05) is 13.1 Å². The third kappa shape index (κ3) is 9.33. The average Bonchev–Trinajstić information content (AvgIpc) is 2.84. The minimum absolute atomic E-state index is 0.374. The average molecular weight is 415 g/mol. The third-order valence-corrected chi connectivity index (χ3v) is 5.46. The third-order valence-electron chi connectivity index (χ3n) is 5.46. The number of unbranched alkanes of at least 4 members (excludes halogenated alkanes) is 1. The highest BCUT2D eigenvalue weighted by Crippen LogP contribution is 2.18. The van der Waals surface area contributed by atoms with Gasteiger partial charge < -0.3 is 10.6 Å². The number of rotatable bonds is 12. The molecule has 0 aliphatic rings. The second-order valence-corrected chi connectivity index (χ2v) is 7.73. The Bertz CT molecular complexity index is 830. The monoisotopic (exact) mass is 414 g/mol. The molecule has 0 aliphatic carbocycles. The first-order chi connectivity index (χ1) is 15.3. The molecule has 0 aliphatic heterocycles. The summed E-state index contributed by atoms with van der Waals surface area (Å²) in [6.07, 6.45) is 4.67. The first-order valence-electron chi connectivity index (χ1n) is 11.4. The molecule has 0 saturated heterocycles. The van der Waals surface area contributed by atoms with Gasteiger partial charge in [0.05, 0.1) is 0 Å². The summed E-state index contributed by atoms with van der Waals surface area (Å²) >= 11 is 0. The summed E-state index contributed by atoms with van der Waals surface area (Å²) in [5.74, 6) is 0. The van der Waals surface area contributed by atoms with E-state index in [0.29, 0.717) is 6.04 Å². The maximum atomic E-state index is 3.71. The summed E-state index contributed by atoms with van der Waals surface area (Å²) in [5.41, 5.74) is 5.62. The van der Waals surface area contributed by atoms with Crippen LogP contribution in [0.1, 0.15) is 48.1 Å². The summed E-state index contributed by atoms with van der Waals surface area (Å²) in [6.45, 7) is 11.3. The van der Waals surface area contributed by atoms with Gasteiger partial charge in [-0.3, -0.25) is 0 Å². The number of aryl methyl sites for hydroxylation is 1. The van der Waals surface area contributed by atoms with Crippen LogP contribution in [0.25, 0.3) is 0 Å². The van der Waals surface area contributed by atoms with Crippen molar-refractivity contribution in [3.8, 4) is 0 Å². The molecule has 0 saturated carbocycles. The summed E-state index contributed by atoms with van der Waals surface area (Å²) < 4.78 is 0. The lowest BCUT2D eigenvalue weighted by molar-refractivity contribution is 0.540. The predicted octanol–water partition coefficient (Wildman–Crippen LogP) is 6.49. The van der Waals surface area contributed by atoms with Crippen LogP contribution in [-0.2, 0) is 19.4 Å². The van der Waals surface area contributed by atoms with Crippen molar-refractivity contribution < 1.29 is 0 Å². The van der Waals surface area contributed by atoms with Gasteiger partial charge in [-0.05, 0) is 68.0 Å². The van der Waals surface area contributed by atoms with Crippen LogP contribution in [0, 0.1) is 0 Å². The number of hydrogen-bond donors (Lipinski definition) is 2. The highest BCUT2D eigenvalue weighted by molar-refractivity contribution is 5.29. The zero-order valence-corrected chi connectivity index (χ0v) is 19.0. The van der Waals surface area contributed by atoms with E-state index in [1.165, 1.54) is 41.5 Å². The van der Waals surface area contributed by atoms with Crippen molar-refractivity contribution in [1.29, 1.82) is 0 Å². The molecule has 1 unspecified atom stereocenters. The van der Waals surface area contributed by atoms with Gasteiger partial charge in [0.15, 0.2) is 0 Å². The molecular weight excluding hydrogens is 376 g/mol. The zero-order valence-electron chi connectivity index (χ0n) is 19.0. The standard InChI is InChI=1S/C27H34N2.C2H4/c1-23(29-20-11-10-16-24-12-4-2-5-13-24)27-18-9-8-17-26(27)22-28-21-19-25-14-6-3-7-15-25;1-2/h2-9,12-15,17-18,23,28-29H,10-11,16,19-22H2,1H3;1-2H2. The SMILES string of the molecule is C=C.CC(NCCCCc1ccccc1)c1ccccc1CNCCc1ccccc1. The Balaban J connectivity index is 0.00000166. The lowest BCUT2D eigenvalue weighted by Gasteiger charge is -2.18. The summed E-state index contributed by atoms with van der Waals surface area (Å²) in [5, 5.41) is 7.33. The Hall–Kier alpha value is -2.68. The van der Waals surface area contributed by atoms with E-state index < -0.39 is 0 Å². The molecule has 164 valence electrons. The normalized spacial score (nSPS) is 11.4. The van der Waals surface area contributed by atoms with Gasteiger partial charge in [-0.15, -0.1) is 13.2 Å². The Kier molecular flexibility index (Phi) is 12.0. The van der Waals surface area contributed by atoms with Crippen LogP contribution < -0.4 is 10.6 Å². The summed E-state index contributed by atoms with van der Waals surface area (Å²) in [7, 11) is 0. The van der Waals surface area contributed by atoms with Gasteiger partial charge in [0.1, 0.15) is 0 Å². The molecule has 0 heterocycles. The molecule has 0 fully saturated rings. The van der Waals surface area contributed by atoms with Crippen molar-refractivity contribution in [2.24, 2.45) is 0 Å². The lowest BCUT2D eigenvalue weighted by atomic mass is 10.0. The molecule has 3 aromatic carbocycles. The highest BCUT2D eigenvalue weighted by atomic mass is 14.9. The van der Waals surface area contributed by atoms with E-state index >= 15 is 0 Å². The van der Waals surface area contributed by atoms with E-state index in [0.717, 1.165) is 26.1 Å². The van der Waals surface area contributed by atoms with Gasteiger partial charge in [0.2, 0.25) is 0 Å². The maximum absolute atomic E-state index is 3.71. The van der Waals surface area contributed by atoms with Gasteiger partial charge >= 0.3 is 0 Å². The van der Waals surface area contributed by atoms with Gasteiger partial charge in [0.25, 0.3) is 0 Å². The molecule has 3 rings (SSSR count). The largest absolute Gasteiger partial charge is 0.312 e. The van der Waals surface area contributed by atoms with E-state index in [4.69, 9.17) is 0 Å². The molecule has 2 nitrogen and oxygen atoms in total. The zero-order chi connectivity index (χ0) is 22.2. The number of hydrogen-bond acceptors (Lipinski definition) is 2. The second-order valence-electron chi connectivity index (χ2n) is 7.73. The quantitative estimate of drug-likeness (QED) is 0.261. The Morgan fingerprint density at radius 3 is 1.94 bits per heavy atom. The van der Waals surface area contributed by atoms with Crippen LogP contribution in [-0.4, -0.2) is 13.1 Å². The van der Waals surface area contributed by atoms with Crippen LogP contribution in [0.15, 0.2) is 98.1 Å². The molecule has 0 radical (unpaired) electrons. The molecule has 0 aromatic heterocycles. The smallest absolute Gasteiger partial charge is 0.0295 e. The van der Waals surface area contributed by atoms with Gasteiger partial charge in [0, 0.05) is 12.6 Å². The topological polar surface area (TPSA) is 24.1 Å². The highest BCUT2D eigenvalue weighted by Gasteiger charge is 2.09. The molecule has 31 heavy (non-hydrogen) atoms. The fourth-order valence-corrected chi connectivity index (χ4v) is 3.75. The van der Waals surface area contributed by atoms with Crippen LogP contribution >= 0.6 is 0 Å². The van der Waals surface area contributed by atoms with Crippen molar-refractivity contribution in [1.82, 2.24) is 10.6 Å². The van der Waals surface area contributed by atoms with Gasteiger partial charge in [-0.25, -0.2) is 0 Å². The van der Waals surface area contributed by atoms with Crippen molar-refractivity contribution in [2.45, 2.75) is 45.2 Å². The van der Waals surface area contributed by atoms with E-state index in [2.05, 4.69) is 116 Å². The molecule has 1 atom stereocenters. The van der Waals surface area contributed by atoms with Crippen molar-refractivity contribution >= 4 is 0 Å². The Labute approximate surface area is 189 Å². The van der Waals surface area contributed by atoms with Crippen molar-refractivity contribution in [3.63, 3.8) is 0 Å². The lowest BCUT2D eigenvalue weighted by Crippen LogP contribution is -2.23. The maximum Gasteiger partial charge on any atom is 0.0295 e. The minimum Gasteiger partial charge on any atom is -0.312 e. The molecule has 2 N–H and O–H groups in total. The number of nitrogens with one attached hydrogen (secondary N) is 2.